The molecule has 4 rings (SSSR count). The molecule has 2 nitrogen and oxygen atoms in total. The van der Waals surface area contributed by atoms with Gasteiger partial charge in [-0.3, -0.25) is 9.59 Å². The molecule has 4 atom stereocenters. The Kier molecular flexibility index (Phi) is 0.841. The van der Waals surface area contributed by atoms with Crippen molar-refractivity contribution in [3.63, 3.8) is 0 Å². The Morgan fingerprint density at radius 2 is 1.08 bits per heavy atom. The summed E-state index contributed by atoms with van der Waals surface area (Å²) in [6.07, 6.45) is 4.06. The fraction of sp³-hybridized carbons (Fsp3) is 0.818. The summed E-state index contributed by atoms with van der Waals surface area (Å²) in [5.41, 5.74) is 0.244. The van der Waals surface area contributed by atoms with Crippen LogP contribution in [0.25, 0.3) is 0 Å². The highest BCUT2D eigenvalue weighted by Gasteiger charge is 2.81. The van der Waals surface area contributed by atoms with Crippen LogP contribution in [0.2, 0.25) is 0 Å². The minimum Gasteiger partial charge on any atom is -0.299 e. The van der Waals surface area contributed by atoms with Crippen LogP contribution >= 0.6 is 0 Å². The number of carbonyl (C=O) groups excluding carboxylic acids is 2. The number of ketones is 2. The van der Waals surface area contributed by atoms with Crippen molar-refractivity contribution in [1.82, 2.24) is 0 Å². The average molecular weight is 176 g/mol. The van der Waals surface area contributed by atoms with Crippen molar-refractivity contribution in [2.45, 2.75) is 25.7 Å². The summed E-state index contributed by atoms with van der Waals surface area (Å²) in [7, 11) is 0. The minimum atomic E-state index is 0.244. The van der Waals surface area contributed by atoms with E-state index in [2.05, 4.69) is 0 Å². The molecular formula is C11H12O2. The maximum atomic E-state index is 11.7. The fourth-order valence-electron chi connectivity index (χ4n) is 4.97. The molecule has 68 valence electrons. The molecule has 0 aliphatic heterocycles. The standard InChI is InChI=1S/C11H12O2/c12-9-5-1-2-6-10(13)8-4-3-7(9)11(5,6)8/h5-8H,1-4H2. The van der Waals surface area contributed by atoms with Gasteiger partial charge in [0.25, 0.3) is 0 Å². The molecule has 0 aromatic rings. The first-order valence-corrected chi connectivity index (χ1v) is 5.35. The molecule has 0 heterocycles. The molecule has 0 bridgehead atoms. The number of carbonyl (C=O) groups is 2. The van der Waals surface area contributed by atoms with Crippen molar-refractivity contribution in [2.24, 2.45) is 29.1 Å². The van der Waals surface area contributed by atoms with Gasteiger partial charge in [0.1, 0.15) is 11.6 Å². The predicted octanol–water partition coefficient (Wildman–Crippen LogP) is 1.19. The maximum Gasteiger partial charge on any atom is 0.140 e. The lowest BCUT2D eigenvalue weighted by Gasteiger charge is -2.59. The highest BCUT2D eigenvalue weighted by atomic mass is 16.1. The molecule has 1 spiro atoms. The summed E-state index contributed by atoms with van der Waals surface area (Å²) in [6, 6.07) is 0. The van der Waals surface area contributed by atoms with Crippen LogP contribution in [0.5, 0.6) is 0 Å². The lowest BCUT2D eigenvalue weighted by atomic mass is 9.41. The molecule has 0 amide bonds. The second-order valence-electron chi connectivity index (χ2n) is 5.17. The van der Waals surface area contributed by atoms with E-state index >= 15 is 0 Å². The van der Waals surface area contributed by atoms with Crippen molar-refractivity contribution in [3.8, 4) is 0 Å². The lowest BCUT2D eigenvalue weighted by molar-refractivity contribution is -0.181. The van der Waals surface area contributed by atoms with Gasteiger partial charge in [-0.05, 0) is 25.7 Å². The topological polar surface area (TPSA) is 34.1 Å². The second-order valence-corrected chi connectivity index (χ2v) is 5.17. The summed E-state index contributed by atoms with van der Waals surface area (Å²) in [5.74, 6) is 2.25. The van der Waals surface area contributed by atoms with E-state index in [9.17, 15) is 9.59 Å². The smallest absolute Gasteiger partial charge is 0.140 e. The van der Waals surface area contributed by atoms with Crippen LogP contribution in [0.4, 0.5) is 0 Å². The average Bonchev–Trinajstić information content (AvgIpc) is 2.62. The maximum absolute atomic E-state index is 11.7. The summed E-state index contributed by atoms with van der Waals surface area (Å²) < 4.78 is 0. The van der Waals surface area contributed by atoms with Gasteiger partial charge in [0.15, 0.2) is 0 Å². The van der Waals surface area contributed by atoms with E-state index in [-0.39, 0.29) is 5.41 Å². The highest BCUT2D eigenvalue weighted by Crippen LogP contribution is 2.77. The monoisotopic (exact) mass is 176 g/mol. The van der Waals surface area contributed by atoms with Gasteiger partial charge in [-0.1, -0.05) is 0 Å². The highest BCUT2D eigenvalue weighted by molar-refractivity contribution is 6.05. The number of rotatable bonds is 0. The normalized spacial score (nSPS) is 61.2. The van der Waals surface area contributed by atoms with E-state index < -0.39 is 0 Å². The van der Waals surface area contributed by atoms with Gasteiger partial charge in [0, 0.05) is 29.1 Å². The summed E-state index contributed by atoms with van der Waals surface area (Å²) in [5, 5.41) is 0. The third-order valence-corrected chi connectivity index (χ3v) is 5.28. The van der Waals surface area contributed by atoms with Crippen LogP contribution in [0, 0.1) is 29.1 Å². The van der Waals surface area contributed by atoms with Gasteiger partial charge < -0.3 is 0 Å². The SMILES string of the molecule is O=C1C2CCC3C(=O)C4CCC1C234. The van der Waals surface area contributed by atoms with Gasteiger partial charge >= 0.3 is 0 Å². The molecule has 13 heavy (non-hydrogen) atoms. The van der Waals surface area contributed by atoms with Crippen LogP contribution in [0.3, 0.4) is 0 Å². The summed E-state index contributed by atoms with van der Waals surface area (Å²) in [4.78, 5) is 23.4. The molecule has 0 radical (unpaired) electrons. The number of hydrogen-bond donors (Lipinski definition) is 0. The molecule has 0 saturated heterocycles. The summed E-state index contributed by atoms with van der Waals surface area (Å²) in [6.45, 7) is 0. The largest absolute Gasteiger partial charge is 0.299 e. The van der Waals surface area contributed by atoms with Crippen LogP contribution < -0.4 is 0 Å². The van der Waals surface area contributed by atoms with Gasteiger partial charge in [0.2, 0.25) is 0 Å². The molecule has 0 N–H and O–H groups in total. The van der Waals surface area contributed by atoms with Gasteiger partial charge in [-0.2, -0.15) is 0 Å². The molecule has 4 saturated carbocycles. The first-order chi connectivity index (χ1) is 6.28. The minimum absolute atomic E-state index is 0.244. The van der Waals surface area contributed by atoms with Crippen molar-refractivity contribution >= 4 is 11.6 Å². The first-order valence-electron chi connectivity index (χ1n) is 5.35. The number of Topliss-reactive ketones (excluding diaryl/α,β-unsaturated/α-hetero) is 2. The van der Waals surface area contributed by atoms with Crippen LogP contribution in [-0.4, -0.2) is 11.6 Å². The van der Waals surface area contributed by atoms with Crippen molar-refractivity contribution in [3.05, 3.63) is 0 Å². The molecule has 4 aliphatic carbocycles. The number of hydrogen-bond acceptors (Lipinski definition) is 2. The van der Waals surface area contributed by atoms with Gasteiger partial charge in [-0.15, -0.1) is 0 Å². The molecule has 0 aromatic carbocycles. The van der Waals surface area contributed by atoms with Crippen LogP contribution in [0.15, 0.2) is 0 Å². The van der Waals surface area contributed by atoms with Crippen molar-refractivity contribution in [1.29, 1.82) is 0 Å². The van der Waals surface area contributed by atoms with Crippen LogP contribution in [0.1, 0.15) is 25.7 Å². The van der Waals surface area contributed by atoms with Crippen molar-refractivity contribution < 1.29 is 9.59 Å². The van der Waals surface area contributed by atoms with E-state index in [1.165, 1.54) is 0 Å². The van der Waals surface area contributed by atoms with E-state index in [1.807, 2.05) is 0 Å². The Labute approximate surface area is 76.7 Å². The van der Waals surface area contributed by atoms with Crippen molar-refractivity contribution in [2.75, 3.05) is 0 Å². The van der Waals surface area contributed by atoms with Gasteiger partial charge in [0.05, 0.1) is 0 Å². The lowest BCUT2D eigenvalue weighted by Crippen LogP contribution is -2.67. The molecule has 4 unspecified atom stereocenters. The predicted molar refractivity (Wildman–Crippen MR) is 44.9 cm³/mol. The first kappa shape index (κ1) is 6.74. The Morgan fingerprint density at radius 1 is 0.769 bits per heavy atom. The summed E-state index contributed by atoms with van der Waals surface area (Å²) >= 11 is 0. The quantitative estimate of drug-likeness (QED) is 0.555. The zero-order valence-electron chi connectivity index (χ0n) is 7.45. The molecular weight excluding hydrogens is 164 g/mol. The van der Waals surface area contributed by atoms with E-state index in [0.29, 0.717) is 35.2 Å². The zero-order chi connectivity index (χ0) is 8.79. The fourth-order valence-corrected chi connectivity index (χ4v) is 4.97. The Hall–Kier alpha value is -0.660. The molecule has 4 aliphatic rings. The Morgan fingerprint density at radius 3 is 1.38 bits per heavy atom. The van der Waals surface area contributed by atoms with Crippen LogP contribution in [-0.2, 0) is 9.59 Å². The molecule has 0 aromatic heterocycles. The molecule has 2 heteroatoms. The Bertz CT molecular complexity index is 278. The Balaban J connectivity index is 1.90. The zero-order valence-corrected chi connectivity index (χ0v) is 7.45. The third-order valence-electron chi connectivity index (χ3n) is 5.28. The van der Waals surface area contributed by atoms with E-state index in [0.717, 1.165) is 25.7 Å². The van der Waals surface area contributed by atoms with E-state index in [4.69, 9.17) is 0 Å². The van der Waals surface area contributed by atoms with Gasteiger partial charge in [-0.25, -0.2) is 0 Å². The third kappa shape index (κ3) is 0.406. The molecule has 4 fully saturated rings. The second kappa shape index (κ2) is 1.62. The van der Waals surface area contributed by atoms with E-state index in [1.54, 1.807) is 0 Å².